The third kappa shape index (κ3) is 2.59. The number of aromatic nitrogens is 3. The molecular weight excluding hydrogens is 328 g/mol. The first-order chi connectivity index (χ1) is 11.6. The van der Waals surface area contributed by atoms with Gasteiger partial charge in [0.05, 0.1) is 23.0 Å². The molecule has 1 aromatic heterocycles. The van der Waals surface area contributed by atoms with Gasteiger partial charge in [0.25, 0.3) is 0 Å². The highest BCUT2D eigenvalue weighted by atomic mass is 35.5. The highest BCUT2D eigenvalue weighted by molar-refractivity contribution is 6.30. The van der Waals surface area contributed by atoms with Gasteiger partial charge in [-0.15, -0.1) is 5.10 Å². The highest BCUT2D eigenvalue weighted by Crippen LogP contribution is 2.49. The molecule has 24 heavy (non-hydrogen) atoms. The highest BCUT2D eigenvalue weighted by Gasteiger charge is 2.54. The van der Waals surface area contributed by atoms with Gasteiger partial charge in [0, 0.05) is 24.7 Å². The molecule has 0 unspecified atom stereocenters. The fourth-order valence-electron chi connectivity index (χ4n) is 4.18. The van der Waals surface area contributed by atoms with Gasteiger partial charge in [-0.1, -0.05) is 23.2 Å². The molecule has 1 aromatic carbocycles. The number of rotatable bonds is 4. The second kappa shape index (κ2) is 5.86. The Morgan fingerprint density at radius 3 is 2.88 bits per heavy atom. The maximum Gasteiger partial charge on any atom is 0.311 e. The number of likely N-dealkylation sites (tertiary alicyclic amines) is 1. The van der Waals surface area contributed by atoms with Crippen molar-refractivity contribution >= 4 is 17.6 Å². The lowest BCUT2D eigenvalue weighted by molar-refractivity contribution is -0.149. The first kappa shape index (κ1) is 15.6. The number of carbonyl (C=O) groups is 1. The summed E-state index contributed by atoms with van der Waals surface area (Å²) in [5, 5.41) is 18.7. The largest absolute Gasteiger partial charge is 0.481 e. The molecule has 1 N–H and O–H groups in total. The lowest BCUT2D eigenvalue weighted by Gasteiger charge is -2.23. The smallest absolute Gasteiger partial charge is 0.311 e. The van der Waals surface area contributed by atoms with E-state index in [1.807, 2.05) is 30.5 Å². The van der Waals surface area contributed by atoms with Crippen molar-refractivity contribution in [3.63, 3.8) is 0 Å². The quantitative estimate of drug-likeness (QED) is 0.921. The summed E-state index contributed by atoms with van der Waals surface area (Å²) in [4.78, 5) is 14.0. The van der Waals surface area contributed by atoms with Gasteiger partial charge >= 0.3 is 5.97 Å². The van der Waals surface area contributed by atoms with E-state index in [9.17, 15) is 9.90 Å². The van der Waals surface area contributed by atoms with Gasteiger partial charge in [0.1, 0.15) is 0 Å². The van der Waals surface area contributed by atoms with Crippen molar-refractivity contribution in [2.45, 2.75) is 25.8 Å². The van der Waals surface area contributed by atoms with Crippen molar-refractivity contribution in [2.24, 2.45) is 11.3 Å². The van der Waals surface area contributed by atoms with Crippen LogP contribution in [0.15, 0.2) is 30.5 Å². The molecule has 0 amide bonds. The number of nitrogens with zero attached hydrogens (tertiary/aromatic N) is 4. The molecule has 2 atom stereocenters. The Bertz CT molecular complexity index is 760. The van der Waals surface area contributed by atoms with E-state index in [0.717, 1.165) is 37.2 Å². The third-order valence-electron chi connectivity index (χ3n) is 5.38. The normalized spacial score (nSPS) is 26.6. The summed E-state index contributed by atoms with van der Waals surface area (Å²) >= 11 is 5.90. The Kier molecular flexibility index (Phi) is 3.81. The van der Waals surface area contributed by atoms with Crippen molar-refractivity contribution < 1.29 is 9.90 Å². The Morgan fingerprint density at radius 1 is 1.38 bits per heavy atom. The number of fused-ring (bicyclic) bond motifs is 1. The number of carboxylic acids is 1. The summed E-state index contributed by atoms with van der Waals surface area (Å²) in [6.45, 7) is 2.08. The monoisotopic (exact) mass is 346 g/mol. The number of hydrogen-bond acceptors (Lipinski definition) is 4. The van der Waals surface area contributed by atoms with Crippen LogP contribution < -0.4 is 0 Å². The Hall–Kier alpha value is -1.92. The van der Waals surface area contributed by atoms with E-state index in [4.69, 9.17) is 11.6 Å². The lowest BCUT2D eigenvalue weighted by Crippen LogP contribution is -2.35. The molecule has 0 bridgehead atoms. The Balaban J connectivity index is 1.47. The summed E-state index contributed by atoms with van der Waals surface area (Å²) < 4.78 is 1.72. The van der Waals surface area contributed by atoms with Crippen molar-refractivity contribution in [3.05, 3.63) is 41.2 Å². The molecule has 2 aliphatic rings. The number of hydrogen-bond donors (Lipinski definition) is 1. The van der Waals surface area contributed by atoms with Crippen LogP contribution in [0.3, 0.4) is 0 Å². The predicted octanol–water partition coefficient (Wildman–Crippen LogP) is 2.61. The van der Waals surface area contributed by atoms with Gasteiger partial charge in [-0.3, -0.25) is 9.69 Å². The number of halogens is 1. The van der Waals surface area contributed by atoms with Gasteiger partial charge in [-0.05, 0) is 43.0 Å². The summed E-state index contributed by atoms with van der Waals surface area (Å²) in [6, 6.07) is 7.41. The standard InChI is InChI=1S/C17H19ClN4O2/c18-13-3-5-15(6-4-13)22-10-14(19-20-22)9-21-8-12-2-1-7-17(12,11-21)16(23)24/h3-6,10,12H,1-2,7-9,11H2,(H,23,24)/t12-,17+/m0/s1. The molecule has 0 spiro atoms. The maximum absolute atomic E-state index is 11.8. The van der Waals surface area contributed by atoms with Gasteiger partial charge in [-0.2, -0.15) is 0 Å². The fraction of sp³-hybridized carbons (Fsp3) is 0.471. The minimum Gasteiger partial charge on any atom is -0.481 e. The molecule has 1 aliphatic heterocycles. The SMILES string of the molecule is O=C(O)[C@@]12CCC[C@H]1CN(Cc1cn(-c3ccc(Cl)cc3)nn1)C2. The van der Waals surface area contributed by atoms with Crippen LogP contribution in [-0.4, -0.2) is 44.1 Å². The van der Waals surface area contributed by atoms with Crippen LogP contribution >= 0.6 is 11.6 Å². The van der Waals surface area contributed by atoms with Crippen molar-refractivity contribution in [3.8, 4) is 5.69 Å². The first-order valence-corrected chi connectivity index (χ1v) is 8.57. The number of aliphatic carboxylic acids is 1. The molecule has 1 saturated heterocycles. The van der Waals surface area contributed by atoms with E-state index in [0.29, 0.717) is 18.1 Å². The van der Waals surface area contributed by atoms with Crippen LogP contribution in [0.1, 0.15) is 25.0 Å². The summed E-state index contributed by atoms with van der Waals surface area (Å²) in [7, 11) is 0. The predicted molar refractivity (Wildman–Crippen MR) is 89.1 cm³/mol. The maximum atomic E-state index is 11.8. The van der Waals surface area contributed by atoms with Crippen LogP contribution in [0, 0.1) is 11.3 Å². The molecular formula is C17H19ClN4O2. The number of benzene rings is 1. The molecule has 2 fully saturated rings. The summed E-state index contributed by atoms with van der Waals surface area (Å²) in [5.74, 6) is -0.376. The molecule has 7 heteroatoms. The Morgan fingerprint density at radius 2 is 2.17 bits per heavy atom. The first-order valence-electron chi connectivity index (χ1n) is 8.20. The van der Waals surface area contributed by atoms with Gasteiger partial charge in [0.15, 0.2) is 0 Å². The van der Waals surface area contributed by atoms with E-state index in [1.165, 1.54) is 0 Å². The van der Waals surface area contributed by atoms with E-state index in [1.54, 1.807) is 4.68 Å². The molecule has 4 rings (SSSR count). The zero-order valence-electron chi connectivity index (χ0n) is 13.2. The van der Waals surface area contributed by atoms with Gasteiger partial charge in [-0.25, -0.2) is 4.68 Å². The molecule has 1 saturated carbocycles. The molecule has 6 nitrogen and oxygen atoms in total. The lowest BCUT2D eigenvalue weighted by atomic mass is 9.81. The van der Waals surface area contributed by atoms with Crippen LogP contribution in [0.5, 0.6) is 0 Å². The summed E-state index contributed by atoms with van der Waals surface area (Å²) in [5.41, 5.74) is 1.20. The van der Waals surface area contributed by atoms with Crippen molar-refractivity contribution in [1.29, 1.82) is 0 Å². The molecule has 2 heterocycles. The van der Waals surface area contributed by atoms with Crippen LogP contribution in [0.25, 0.3) is 5.69 Å². The zero-order chi connectivity index (χ0) is 16.7. The van der Waals surface area contributed by atoms with Crippen LogP contribution in [0.2, 0.25) is 5.02 Å². The number of carboxylic acid groups (broad SMARTS) is 1. The average molecular weight is 347 g/mol. The van der Waals surface area contributed by atoms with Crippen LogP contribution in [-0.2, 0) is 11.3 Å². The second-order valence-corrected chi connectivity index (χ2v) is 7.29. The van der Waals surface area contributed by atoms with Crippen molar-refractivity contribution in [2.75, 3.05) is 13.1 Å². The van der Waals surface area contributed by atoms with E-state index < -0.39 is 11.4 Å². The van der Waals surface area contributed by atoms with Crippen molar-refractivity contribution in [1.82, 2.24) is 19.9 Å². The topological polar surface area (TPSA) is 71.2 Å². The summed E-state index contributed by atoms with van der Waals surface area (Å²) in [6.07, 6.45) is 4.73. The average Bonchev–Trinajstić information content (AvgIpc) is 3.22. The molecule has 2 aromatic rings. The van der Waals surface area contributed by atoms with E-state index >= 15 is 0 Å². The molecule has 0 radical (unpaired) electrons. The van der Waals surface area contributed by atoms with Gasteiger partial charge in [0.2, 0.25) is 0 Å². The molecule has 126 valence electrons. The van der Waals surface area contributed by atoms with Gasteiger partial charge < -0.3 is 5.11 Å². The minimum absolute atomic E-state index is 0.265. The third-order valence-corrected chi connectivity index (χ3v) is 5.64. The van der Waals surface area contributed by atoms with Crippen LogP contribution in [0.4, 0.5) is 0 Å². The van der Waals surface area contributed by atoms with E-state index in [-0.39, 0.29) is 5.92 Å². The Labute approximate surface area is 145 Å². The molecule has 1 aliphatic carbocycles. The van der Waals surface area contributed by atoms with E-state index in [2.05, 4.69) is 15.2 Å². The fourth-order valence-corrected chi connectivity index (χ4v) is 4.31. The second-order valence-electron chi connectivity index (χ2n) is 6.85. The zero-order valence-corrected chi connectivity index (χ0v) is 14.0. The minimum atomic E-state index is -0.641.